The van der Waals surface area contributed by atoms with Crippen molar-refractivity contribution in [3.05, 3.63) is 12.2 Å². The maximum absolute atomic E-state index is 12.7. The third-order valence-electron chi connectivity index (χ3n) is 6.21. The summed E-state index contributed by atoms with van der Waals surface area (Å²) in [5, 5.41) is 0. The minimum atomic E-state index is -0.215. The van der Waals surface area contributed by atoms with E-state index in [1.807, 2.05) is 0 Å². The second kappa shape index (κ2) is 3.52. The van der Waals surface area contributed by atoms with E-state index >= 15 is 0 Å². The molecule has 2 saturated heterocycles. The van der Waals surface area contributed by atoms with Crippen LogP contribution in [0.2, 0.25) is 0 Å². The van der Waals surface area contributed by atoms with Crippen LogP contribution < -0.4 is 5.73 Å². The predicted molar refractivity (Wildman–Crippen MR) is 69.2 cm³/mol. The fraction of sp³-hybridized carbons (Fsp3) is 0.733. The summed E-state index contributed by atoms with van der Waals surface area (Å²) >= 11 is 0. The molecule has 0 aromatic heterocycles. The van der Waals surface area contributed by atoms with Gasteiger partial charge in [0.1, 0.15) is 0 Å². The van der Waals surface area contributed by atoms with Crippen LogP contribution in [0, 0.1) is 29.6 Å². The number of hydrogen-bond donors (Lipinski definition) is 1. The summed E-state index contributed by atoms with van der Waals surface area (Å²) < 4.78 is 5.69. The summed E-state index contributed by atoms with van der Waals surface area (Å²) in [4.78, 5) is 26.9. The average molecular weight is 274 g/mol. The minimum absolute atomic E-state index is 0.00579. The number of rotatable bonds is 1. The van der Waals surface area contributed by atoms with Crippen molar-refractivity contribution in [2.45, 2.75) is 31.0 Å². The quantitative estimate of drug-likeness (QED) is 0.536. The van der Waals surface area contributed by atoms with Crippen LogP contribution in [-0.2, 0) is 14.3 Å². The lowest BCUT2D eigenvalue weighted by Crippen LogP contribution is -2.70. The molecular formula is C15H18N2O3. The van der Waals surface area contributed by atoms with E-state index in [2.05, 4.69) is 12.2 Å². The second-order valence-electron chi connectivity index (χ2n) is 6.90. The van der Waals surface area contributed by atoms with E-state index in [-0.39, 0.29) is 53.7 Å². The lowest BCUT2D eigenvalue weighted by Gasteiger charge is -2.49. The molecule has 2 aliphatic heterocycles. The van der Waals surface area contributed by atoms with E-state index in [4.69, 9.17) is 10.5 Å². The topological polar surface area (TPSA) is 72.6 Å². The van der Waals surface area contributed by atoms with Crippen molar-refractivity contribution in [3.8, 4) is 0 Å². The molecule has 0 spiro atoms. The van der Waals surface area contributed by atoms with Gasteiger partial charge in [0.25, 0.3) is 0 Å². The molecule has 0 radical (unpaired) electrons. The number of imide groups is 1. The Balaban J connectivity index is 1.49. The smallest absolute Gasteiger partial charge is 0.234 e. The summed E-state index contributed by atoms with van der Waals surface area (Å²) in [5.74, 6) is 0.634. The van der Waals surface area contributed by atoms with Gasteiger partial charge in [-0.3, -0.25) is 14.5 Å². The first kappa shape index (κ1) is 11.5. The van der Waals surface area contributed by atoms with E-state index < -0.39 is 0 Å². The van der Waals surface area contributed by atoms with E-state index in [0.29, 0.717) is 12.5 Å². The van der Waals surface area contributed by atoms with Crippen LogP contribution in [0.4, 0.5) is 0 Å². The molecular weight excluding hydrogens is 256 g/mol. The monoisotopic (exact) mass is 274 g/mol. The number of carbonyl (C=O) groups excluding carboxylic acids is 2. The van der Waals surface area contributed by atoms with Gasteiger partial charge in [0.15, 0.2) is 0 Å². The Bertz CT molecular complexity index is 515. The van der Waals surface area contributed by atoms with Crippen molar-refractivity contribution >= 4 is 11.8 Å². The fourth-order valence-corrected chi connectivity index (χ4v) is 5.26. The average Bonchev–Trinajstić information content (AvgIpc) is 3.17. The van der Waals surface area contributed by atoms with Gasteiger partial charge in [-0.2, -0.15) is 0 Å². The zero-order valence-electron chi connectivity index (χ0n) is 11.1. The first-order chi connectivity index (χ1) is 9.68. The largest absolute Gasteiger partial charge is 0.376 e. The third-order valence-corrected chi connectivity index (χ3v) is 6.21. The molecule has 2 amide bonds. The summed E-state index contributed by atoms with van der Waals surface area (Å²) in [7, 11) is 0. The number of nitrogens with zero attached hydrogens (tertiary/aromatic N) is 1. The molecule has 2 bridgehead atoms. The standard InChI is InChI=1S/C15H18N2O3/c16-11-8-3-4-20-13(8)12(11)17-14(18)9-6-1-2-7(5-6)10(9)15(17)19/h1-2,6-13H,3-5,16H2. The molecule has 0 aromatic carbocycles. The predicted octanol–water partition coefficient (Wildman–Crippen LogP) is -0.0919. The maximum atomic E-state index is 12.7. The normalized spacial score (nSPS) is 55.4. The van der Waals surface area contributed by atoms with Crippen LogP contribution in [0.15, 0.2) is 12.2 Å². The molecule has 5 aliphatic rings. The van der Waals surface area contributed by atoms with E-state index in [0.717, 1.165) is 12.8 Å². The molecule has 8 atom stereocenters. The summed E-state index contributed by atoms with van der Waals surface area (Å²) in [5.41, 5.74) is 6.21. The molecule has 0 aromatic rings. The molecule has 20 heavy (non-hydrogen) atoms. The van der Waals surface area contributed by atoms with E-state index in [9.17, 15) is 9.59 Å². The van der Waals surface area contributed by atoms with Gasteiger partial charge in [-0.25, -0.2) is 0 Å². The SMILES string of the molecule is NC1C2CCOC2C1N1C(=O)C2C3C=CC(C3)C2C1=O. The van der Waals surface area contributed by atoms with Crippen LogP contribution in [0.3, 0.4) is 0 Å². The Hall–Kier alpha value is -1.20. The van der Waals surface area contributed by atoms with Gasteiger partial charge in [-0.05, 0) is 24.7 Å². The molecule has 2 N–H and O–H groups in total. The van der Waals surface area contributed by atoms with E-state index in [1.54, 1.807) is 0 Å². The molecule has 5 rings (SSSR count). The van der Waals surface area contributed by atoms with Crippen molar-refractivity contribution < 1.29 is 14.3 Å². The Morgan fingerprint density at radius 3 is 2.45 bits per heavy atom. The number of fused-ring (bicyclic) bond motifs is 6. The highest BCUT2D eigenvalue weighted by molar-refractivity contribution is 6.07. The van der Waals surface area contributed by atoms with E-state index in [1.165, 1.54) is 4.90 Å². The highest BCUT2D eigenvalue weighted by Gasteiger charge is 2.65. The van der Waals surface area contributed by atoms with Crippen LogP contribution >= 0.6 is 0 Å². The summed E-state index contributed by atoms with van der Waals surface area (Å²) in [6.07, 6.45) is 6.16. The zero-order chi connectivity index (χ0) is 13.6. The van der Waals surface area contributed by atoms with Crippen molar-refractivity contribution in [2.24, 2.45) is 35.3 Å². The number of nitrogens with two attached hydrogens (primary N) is 1. The molecule has 106 valence electrons. The molecule has 2 heterocycles. The van der Waals surface area contributed by atoms with Crippen LogP contribution in [0.5, 0.6) is 0 Å². The molecule has 8 unspecified atom stereocenters. The van der Waals surface area contributed by atoms with Crippen LogP contribution in [-0.4, -0.2) is 41.5 Å². The third kappa shape index (κ3) is 1.10. The van der Waals surface area contributed by atoms with Crippen molar-refractivity contribution in [1.82, 2.24) is 4.90 Å². The van der Waals surface area contributed by atoms with Gasteiger partial charge in [0.05, 0.1) is 24.0 Å². The first-order valence-electron chi connectivity index (χ1n) is 7.61. The minimum Gasteiger partial charge on any atom is -0.376 e. The molecule has 3 aliphatic carbocycles. The number of allylic oxidation sites excluding steroid dienone is 2. The Labute approximate surface area is 117 Å². The van der Waals surface area contributed by atoms with Gasteiger partial charge >= 0.3 is 0 Å². The lowest BCUT2D eigenvalue weighted by molar-refractivity contribution is -0.155. The molecule has 5 nitrogen and oxygen atoms in total. The van der Waals surface area contributed by atoms with Crippen molar-refractivity contribution in [2.75, 3.05) is 6.61 Å². The molecule has 4 fully saturated rings. The highest BCUT2D eigenvalue weighted by Crippen LogP contribution is 2.54. The maximum Gasteiger partial charge on any atom is 0.234 e. The lowest BCUT2D eigenvalue weighted by atomic mass is 9.71. The summed E-state index contributed by atoms with van der Waals surface area (Å²) in [6, 6.07) is -0.313. The second-order valence-corrected chi connectivity index (χ2v) is 6.90. The first-order valence-corrected chi connectivity index (χ1v) is 7.61. The zero-order valence-corrected chi connectivity index (χ0v) is 11.1. The number of ether oxygens (including phenoxy) is 1. The number of amides is 2. The Morgan fingerprint density at radius 2 is 1.80 bits per heavy atom. The van der Waals surface area contributed by atoms with Crippen LogP contribution in [0.1, 0.15) is 12.8 Å². The van der Waals surface area contributed by atoms with Gasteiger partial charge in [0, 0.05) is 18.6 Å². The van der Waals surface area contributed by atoms with Gasteiger partial charge < -0.3 is 10.5 Å². The number of carbonyl (C=O) groups is 2. The Morgan fingerprint density at radius 1 is 1.15 bits per heavy atom. The Kier molecular flexibility index (Phi) is 2.01. The van der Waals surface area contributed by atoms with Crippen molar-refractivity contribution in [3.63, 3.8) is 0 Å². The number of hydrogen-bond acceptors (Lipinski definition) is 4. The van der Waals surface area contributed by atoms with Gasteiger partial charge in [-0.15, -0.1) is 0 Å². The van der Waals surface area contributed by atoms with Crippen LogP contribution in [0.25, 0.3) is 0 Å². The van der Waals surface area contributed by atoms with Crippen molar-refractivity contribution in [1.29, 1.82) is 0 Å². The number of likely N-dealkylation sites (tertiary alicyclic amines) is 1. The van der Waals surface area contributed by atoms with Gasteiger partial charge in [-0.1, -0.05) is 12.2 Å². The molecule has 2 saturated carbocycles. The summed E-state index contributed by atoms with van der Waals surface area (Å²) in [6.45, 7) is 0.704. The highest BCUT2D eigenvalue weighted by atomic mass is 16.5. The molecule has 5 heteroatoms. The fourth-order valence-electron chi connectivity index (χ4n) is 5.26. The van der Waals surface area contributed by atoms with Gasteiger partial charge in [0.2, 0.25) is 11.8 Å².